The molecular weight excluding hydrogens is 318 g/mol. The zero-order chi connectivity index (χ0) is 15.1. The number of fused-ring (bicyclic) bond motifs is 1. The summed E-state index contributed by atoms with van der Waals surface area (Å²) in [5, 5.41) is 12.5. The van der Waals surface area contributed by atoms with Crippen molar-refractivity contribution in [2.45, 2.75) is 24.3 Å². The molecular formula is C13H16ClNO3S2. The van der Waals surface area contributed by atoms with E-state index in [4.69, 9.17) is 11.6 Å². The van der Waals surface area contributed by atoms with E-state index in [1.807, 2.05) is 0 Å². The molecule has 0 aliphatic rings. The zero-order valence-electron chi connectivity index (χ0n) is 11.4. The van der Waals surface area contributed by atoms with Gasteiger partial charge in [0.25, 0.3) is 0 Å². The Labute approximate surface area is 127 Å². The highest BCUT2D eigenvalue weighted by Gasteiger charge is 2.28. The van der Waals surface area contributed by atoms with Crippen LogP contribution in [0.15, 0.2) is 28.5 Å². The van der Waals surface area contributed by atoms with Crippen molar-refractivity contribution < 1.29 is 13.5 Å². The fourth-order valence-corrected chi connectivity index (χ4v) is 4.91. The Morgan fingerprint density at radius 1 is 1.40 bits per heavy atom. The number of benzene rings is 1. The van der Waals surface area contributed by atoms with Crippen molar-refractivity contribution >= 4 is 43.0 Å². The van der Waals surface area contributed by atoms with Crippen LogP contribution in [0.4, 0.5) is 0 Å². The maximum atomic E-state index is 12.6. The average molecular weight is 334 g/mol. The van der Waals surface area contributed by atoms with Crippen LogP contribution in [0.25, 0.3) is 10.1 Å². The fraction of sp³-hybridized carbons (Fsp3) is 0.385. The van der Waals surface area contributed by atoms with Gasteiger partial charge in [-0.05, 0) is 32.0 Å². The van der Waals surface area contributed by atoms with E-state index in [0.29, 0.717) is 10.4 Å². The van der Waals surface area contributed by atoms with E-state index in [-0.39, 0.29) is 11.4 Å². The van der Waals surface area contributed by atoms with Crippen LogP contribution in [0.1, 0.15) is 13.8 Å². The van der Waals surface area contributed by atoms with E-state index in [1.54, 1.807) is 37.4 Å². The fourth-order valence-electron chi connectivity index (χ4n) is 1.98. The summed E-state index contributed by atoms with van der Waals surface area (Å²) in [5.41, 5.74) is -1.09. The SMILES string of the molecule is CN(CC(C)(C)O)S(=O)(=O)c1csc2ccc(Cl)cc12. The monoisotopic (exact) mass is 333 g/mol. The summed E-state index contributed by atoms with van der Waals surface area (Å²) in [4.78, 5) is 0.228. The number of halogens is 1. The number of thiophene rings is 1. The summed E-state index contributed by atoms with van der Waals surface area (Å²) in [6, 6.07) is 5.19. The lowest BCUT2D eigenvalue weighted by molar-refractivity contribution is 0.0640. The van der Waals surface area contributed by atoms with Crippen molar-refractivity contribution in [2.24, 2.45) is 0 Å². The third kappa shape index (κ3) is 3.15. The molecule has 0 spiro atoms. The van der Waals surface area contributed by atoms with Gasteiger partial charge in [0, 0.05) is 34.1 Å². The predicted octanol–water partition coefficient (Wildman–Crippen LogP) is 2.95. The first-order valence-corrected chi connectivity index (χ1v) is 8.66. The molecule has 1 N–H and O–H groups in total. The largest absolute Gasteiger partial charge is 0.389 e. The molecule has 110 valence electrons. The molecule has 0 bridgehead atoms. The molecule has 0 saturated heterocycles. The quantitative estimate of drug-likeness (QED) is 0.935. The third-order valence-corrected chi connectivity index (χ3v) is 5.99. The first-order valence-electron chi connectivity index (χ1n) is 5.97. The van der Waals surface area contributed by atoms with E-state index >= 15 is 0 Å². The lowest BCUT2D eigenvalue weighted by atomic mass is 10.1. The highest BCUT2D eigenvalue weighted by Crippen LogP contribution is 2.33. The average Bonchev–Trinajstić information content (AvgIpc) is 2.69. The van der Waals surface area contributed by atoms with Crippen LogP contribution in [0.3, 0.4) is 0 Å². The maximum absolute atomic E-state index is 12.6. The van der Waals surface area contributed by atoms with E-state index < -0.39 is 15.6 Å². The van der Waals surface area contributed by atoms with Crippen LogP contribution in [0, 0.1) is 0 Å². The van der Waals surface area contributed by atoms with Crippen molar-refractivity contribution in [3.05, 3.63) is 28.6 Å². The number of sulfonamides is 1. The molecule has 1 aromatic heterocycles. The van der Waals surface area contributed by atoms with Crippen LogP contribution >= 0.6 is 22.9 Å². The molecule has 20 heavy (non-hydrogen) atoms. The number of hydrogen-bond donors (Lipinski definition) is 1. The van der Waals surface area contributed by atoms with Crippen LogP contribution in [-0.2, 0) is 10.0 Å². The number of likely N-dealkylation sites (N-methyl/N-ethyl adjacent to an activating group) is 1. The molecule has 0 atom stereocenters. The lowest BCUT2D eigenvalue weighted by Gasteiger charge is -2.24. The minimum absolute atomic E-state index is 0.0211. The second-order valence-electron chi connectivity index (χ2n) is 5.31. The van der Waals surface area contributed by atoms with Gasteiger partial charge in [0.05, 0.1) is 5.60 Å². The predicted molar refractivity (Wildman–Crippen MR) is 82.9 cm³/mol. The number of hydrogen-bond acceptors (Lipinski definition) is 4. The Kier molecular flexibility index (Phi) is 4.15. The van der Waals surface area contributed by atoms with Crippen LogP contribution in [0.5, 0.6) is 0 Å². The highest BCUT2D eigenvalue weighted by atomic mass is 35.5. The van der Waals surface area contributed by atoms with Gasteiger partial charge in [0.1, 0.15) is 4.90 Å². The summed E-state index contributed by atoms with van der Waals surface area (Å²) in [7, 11) is -2.19. The molecule has 2 rings (SSSR count). The second kappa shape index (κ2) is 5.27. The Bertz CT molecular complexity index is 732. The molecule has 0 aliphatic heterocycles. The third-order valence-electron chi connectivity index (χ3n) is 2.80. The first kappa shape index (κ1) is 15.7. The molecule has 0 saturated carbocycles. The van der Waals surface area contributed by atoms with Crippen molar-refractivity contribution in [1.29, 1.82) is 0 Å². The van der Waals surface area contributed by atoms with Gasteiger partial charge in [-0.1, -0.05) is 11.6 Å². The van der Waals surface area contributed by atoms with Gasteiger partial charge < -0.3 is 5.11 Å². The highest BCUT2D eigenvalue weighted by molar-refractivity contribution is 7.89. The molecule has 0 unspecified atom stereocenters. The first-order chi connectivity index (χ1) is 9.11. The van der Waals surface area contributed by atoms with Crippen molar-refractivity contribution in [3.8, 4) is 0 Å². The van der Waals surface area contributed by atoms with E-state index in [1.165, 1.54) is 18.4 Å². The summed E-state index contributed by atoms with van der Waals surface area (Å²) < 4.78 is 27.2. The van der Waals surface area contributed by atoms with Gasteiger partial charge in [-0.15, -0.1) is 11.3 Å². The second-order valence-corrected chi connectivity index (χ2v) is 8.67. The maximum Gasteiger partial charge on any atom is 0.244 e. The summed E-state index contributed by atoms with van der Waals surface area (Å²) in [6.45, 7) is 3.16. The van der Waals surface area contributed by atoms with Crippen molar-refractivity contribution in [3.63, 3.8) is 0 Å². The van der Waals surface area contributed by atoms with E-state index in [9.17, 15) is 13.5 Å². The molecule has 0 fully saturated rings. The normalized spacial score (nSPS) is 13.3. The Hall–Kier alpha value is -0.660. The molecule has 2 aromatic rings. The van der Waals surface area contributed by atoms with Gasteiger partial charge in [0.15, 0.2) is 0 Å². The van der Waals surface area contributed by atoms with E-state index in [0.717, 1.165) is 9.01 Å². The lowest BCUT2D eigenvalue weighted by Crippen LogP contribution is -2.39. The standard InChI is InChI=1S/C13H16ClNO3S2/c1-13(2,16)8-15(3)20(17,18)12-7-19-11-5-4-9(14)6-10(11)12/h4-7,16H,8H2,1-3H3. The van der Waals surface area contributed by atoms with Crippen LogP contribution in [-0.4, -0.2) is 37.0 Å². The molecule has 4 nitrogen and oxygen atoms in total. The molecule has 0 amide bonds. The molecule has 1 aromatic carbocycles. The molecule has 0 radical (unpaired) electrons. The zero-order valence-corrected chi connectivity index (χ0v) is 13.8. The summed E-state index contributed by atoms with van der Waals surface area (Å²) in [5.74, 6) is 0. The summed E-state index contributed by atoms with van der Waals surface area (Å²) >= 11 is 7.30. The summed E-state index contributed by atoms with van der Waals surface area (Å²) in [6.07, 6.45) is 0. The van der Waals surface area contributed by atoms with Gasteiger partial charge in [-0.3, -0.25) is 0 Å². The number of rotatable bonds is 4. The number of aliphatic hydroxyl groups is 1. The molecule has 0 aliphatic carbocycles. The van der Waals surface area contributed by atoms with E-state index in [2.05, 4.69) is 0 Å². The van der Waals surface area contributed by atoms with Gasteiger partial charge in [-0.2, -0.15) is 4.31 Å². The smallest absolute Gasteiger partial charge is 0.244 e. The Balaban J connectivity index is 2.49. The van der Waals surface area contributed by atoms with Gasteiger partial charge in [-0.25, -0.2) is 8.42 Å². The topological polar surface area (TPSA) is 57.6 Å². The molecule has 1 heterocycles. The van der Waals surface area contributed by atoms with Crippen molar-refractivity contribution in [2.75, 3.05) is 13.6 Å². The van der Waals surface area contributed by atoms with Gasteiger partial charge >= 0.3 is 0 Å². The van der Waals surface area contributed by atoms with Crippen molar-refractivity contribution in [1.82, 2.24) is 4.31 Å². The minimum Gasteiger partial charge on any atom is -0.389 e. The van der Waals surface area contributed by atoms with Crippen LogP contribution < -0.4 is 0 Å². The number of nitrogens with zero attached hydrogens (tertiary/aromatic N) is 1. The van der Waals surface area contributed by atoms with Crippen LogP contribution in [0.2, 0.25) is 5.02 Å². The van der Waals surface area contributed by atoms with Gasteiger partial charge in [0.2, 0.25) is 10.0 Å². The minimum atomic E-state index is -3.65. The molecule has 7 heteroatoms. The Morgan fingerprint density at radius 3 is 2.65 bits per heavy atom. The Morgan fingerprint density at radius 2 is 2.05 bits per heavy atom.